The average molecular weight is 365 g/mol. The number of benzene rings is 2. The summed E-state index contributed by atoms with van der Waals surface area (Å²) in [4.78, 5) is 12.7. The van der Waals surface area contributed by atoms with Crippen molar-refractivity contribution >= 4 is 11.6 Å². The van der Waals surface area contributed by atoms with Crippen LogP contribution in [0.2, 0.25) is 0 Å². The van der Waals surface area contributed by atoms with Crippen LogP contribution in [0.4, 0.5) is 14.5 Å². The number of hydrogen-bond donors (Lipinski definition) is 1. The monoisotopic (exact) mass is 365 g/mol. The van der Waals surface area contributed by atoms with E-state index >= 15 is 0 Å². The highest BCUT2D eigenvalue weighted by Gasteiger charge is 2.23. The quantitative estimate of drug-likeness (QED) is 0.684. The second-order valence-corrected chi connectivity index (χ2v) is 5.86. The van der Waals surface area contributed by atoms with Crippen LogP contribution in [-0.4, -0.2) is 15.7 Å². The summed E-state index contributed by atoms with van der Waals surface area (Å²) in [7, 11) is 1.50. The lowest BCUT2D eigenvalue weighted by Gasteiger charge is -2.12. The van der Waals surface area contributed by atoms with Crippen LogP contribution in [0.3, 0.4) is 0 Å². The SMILES string of the molecule is CC#Cc1ccc(-c2ccccc2)c(NC(=O)c2cn(C)nc2C(F)F)c1. The first-order valence-electron chi connectivity index (χ1n) is 8.25. The number of nitrogens with one attached hydrogen (secondary N) is 1. The molecule has 0 fully saturated rings. The van der Waals surface area contributed by atoms with Gasteiger partial charge >= 0.3 is 0 Å². The molecule has 1 N–H and O–H groups in total. The summed E-state index contributed by atoms with van der Waals surface area (Å²) in [5.41, 5.74) is 2.18. The van der Waals surface area contributed by atoms with E-state index in [-0.39, 0.29) is 5.56 Å². The Morgan fingerprint density at radius 3 is 2.59 bits per heavy atom. The highest BCUT2D eigenvalue weighted by Crippen LogP contribution is 2.30. The minimum absolute atomic E-state index is 0.154. The molecule has 0 atom stereocenters. The van der Waals surface area contributed by atoms with Crippen molar-refractivity contribution < 1.29 is 13.6 Å². The first-order valence-corrected chi connectivity index (χ1v) is 8.25. The summed E-state index contributed by atoms with van der Waals surface area (Å²) in [5.74, 6) is 5.10. The molecule has 1 amide bonds. The number of hydrogen-bond acceptors (Lipinski definition) is 2. The van der Waals surface area contributed by atoms with Gasteiger partial charge in [-0.1, -0.05) is 42.3 Å². The third-order valence-electron chi connectivity index (χ3n) is 3.93. The van der Waals surface area contributed by atoms with E-state index in [0.717, 1.165) is 11.1 Å². The highest BCUT2D eigenvalue weighted by molar-refractivity contribution is 6.07. The Morgan fingerprint density at radius 1 is 1.19 bits per heavy atom. The Morgan fingerprint density at radius 2 is 1.93 bits per heavy atom. The predicted molar refractivity (Wildman–Crippen MR) is 101 cm³/mol. The maximum Gasteiger partial charge on any atom is 0.282 e. The van der Waals surface area contributed by atoms with E-state index in [4.69, 9.17) is 0 Å². The molecule has 4 nitrogen and oxygen atoms in total. The van der Waals surface area contributed by atoms with Crippen LogP contribution in [-0.2, 0) is 7.05 Å². The van der Waals surface area contributed by atoms with Gasteiger partial charge in [-0.25, -0.2) is 8.78 Å². The smallest absolute Gasteiger partial charge is 0.282 e. The van der Waals surface area contributed by atoms with Crippen LogP contribution in [0.1, 0.15) is 35.0 Å². The topological polar surface area (TPSA) is 46.9 Å². The summed E-state index contributed by atoms with van der Waals surface area (Å²) in [6.07, 6.45) is -1.55. The van der Waals surface area contributed by atoms with Gasteiger partial charge in [0.05, 0.1) is 11.3 Å². The van der Waals surface area contributed by atoms with Crippen molar-refractivity contribution in [2.45, 2.75) is 13.3 Å². The molecule has 0 aliphatic carbocycles. The third kappa shape index (κ3) is 4.04. The third-order valence-corrected chi connectivity index (χ3v) is 3.93. The fraction of sp³-hybridized carbons (Fsp3) is 0.143. The van der Waals surface area contributed by atoms with Gasteiger partial charge in [0.15, 0.2) is 0 Å². The Labute approximate surface area is 155 Å². The normalized spacial score (nSPS) is 10.4. The second kappa shape index (κ2) is 7.83. The van der Waals surface area contributed by atoms with Crippen LogP contribution in [0.15, 0.2) is 54.7 Å². The molecule has 0 bridgehead atoms. The number of anilines is 1. The maximum atomic E-state index is 13.2. The summed E-state index contributed by atoms with van der Waals surface area (Å²) < 4.78 is 27.6. The number of alkyl halides is 2. The number of aromatic nitrogens is 2. The number of halogens is 2. The van der Waals surface area contributed by atoms with Crippen molar-refractivity contribution in [1.82, 2.24) is 9.78 Å². The van der Waals surface area contributed by atoms with E-state index in [1.165, 1.54) is 17.9 Å². The van der Waals surface area contributed by atoms with E-state index in [1.54, 1.807) is 13.0 Å². The first kappa shape index (κ1) is 18.3. The van der Waals surface area contributed by atoms with Gasteiger partial charge in [-0.05, 0) is 24.6 Å². The molecule has 0 saturated carbocycles. The van der Waals surface area contributed by atoms with Crippen molar-refractivity contribution in [2.24, 2.45) is 7.05 Å². The minimum atomic E-state index is -2.84. The van der Waals surface area contributed by atoms with Crippen LogP contribution >= 0.6 is 0 Å². The van der Waals surface area contributed by atoms with Gasteiger partial charge in [0.25, 0.3) is 12.3 Å². The zero-order valence-electron chi connectivity index (χ0n) is 14.8. The molecule has 1 heterocycles. The average Bonchev–Trinajstić information content (AvgIpc) is 3.05. The molecule has 0 saturated heterocycles. The van der Waals surface area contributed by atoms with Crippen LogP contribution in [0.25, 0.3) is 11.1 Å². The molecule has 3 aromatic rings. The second-order valence-electron chi connectivity index (χ2n) is 5.86. The summed E-state index contributed by atoms with van der Waals surface area (Å²) in [6, 6.07) is 14.9. The fourth-order valence-electron chi connectivity index (χ4n) is 2.77. The van der Waals surface area contributed by atoms with Gasteiger partial charge < -0.3 is 5.32 Å². The lowest BCUT2D eigenvalue weighted by Crippen LogP contribution is -2.14. The van der Waals surface area contributed by atoms with Gasteiger partial charge in [0, 0.05) is 24.4 Å². The summed E-state index contributed by atoms with van der Waals surface area (Å²) in [6.45, 7) is 1.72. The van der Waals surface area contributed by atoms with Gasteiger partial charge in [0.2, 0.25) is 0 Å². The highest BCUT2D eigenvalue weighted by atomic mass is 19.3. The Kier molecular flexibility index (Phi) is 5.32. The van der Waals surface area contributed by atoms with E-state index in [9.17, 15) is 13.6 Å². The summed E-state index contributed by atoms with van der Waals surface area (Å²) >= 11 is 0. The van der Waals surface area contributed by atoms with Crippen molar-refractivity contribution in [1.29, 1.82) is 0 Å². The lowest BCUT2D eigenvalue weighted by atomic mass is 10.0. The standard InChI is InChI=1S/C21H17F2N3O/c1-3-7-14-10-11-16(15-8-5-4-6-9-15)18(12-14)24-21(27)17-13-26(2)25-19(17)20(22)23/h4-6,8-13,20H,1-2H3,(H,24,27). The number of carbonyl (C=O) groups excluding carboxylic acids is 1. The van der Waals surface area contributed by atoms with Crippen molar-refractivity contribution in [2.75, 3.05) is 5.32 Å². The molecule has 136 valence electrons. The molecule has 2 aromatic carbocycles. The maximum absolute atomic E-state index is 13.2. The molecule has 6 heteroatoms. The van der Waals surface area contributed by atoms with Crippen LogP contribution in [0, 0.1) is 11.8 Å². The zero-order chi connectivity index (χ0) is 19.4. The minimum Gasteiger partial charge on any atom is -0.321 e. The largest absolute Gasteiger partial charge is 0.321 e. The lowest BCUT2D eigenvalue weighted by molar-refractivity contribution is 0.101. The molecule has 0 aliphatic heterocycles. The van der Waals surface area contributed by atoms with Crippen LogP contribution in [0.5, 0.6) is 0 Å². The molecule has 0 radical (unpaired) electrons. The number of aryl methyl sites for hydroxylation is 1. The van der Waals surface area contributed by atoms with E-state index in [1.807, 2.05) is 42.5 Å². The van der Waals surface area contributed by atoms with E-state index in [0.29, 0.717) is 11.3 Å². The van der Waals surface area contributed by atoms with Gasteiger partial charge in [-0.15, -0.1) is 5.92 Å². The van der Waals surface area contributed by atoms with Gasteiger partial charge in [-0.3, -0.25) is 9.48 Å². The zero-order valence-corrected chi connectivity index (χ0v) is 14.8. The molecular weight excluding hydrogens is 348 g/mol. The predicted octanol–water partition coefficient (Wildman–Crippen LogP) is 4.65. The van der Waals surface area contributed by atoms with E-state index in [2.05, 4.69) is 22.3 Å². The number of nitrogens with zero attached hydrogens (tertiary/aromatic N) is 2. The molecule has 1 aromatic heterocycles. The molecule has 0 spiro atoms. The molecule has 0 unspecified atom stereocenters. The van der Waals surface area contributed by atoms with Gasteiger partial charge in [-0.2, -0.15) is 5.10 Å². The Balaban J connectivity index is 2.03. The number of rotatable bonds is 4. The Hall–Kier alpha value is -3.46. The number of amides is 1. The fourth-order valence-corrected chi connectivity index (χ4v) is 2.77. The molecule has 27 heavy (non-hydrogen) atoms. The van der Waals surface area contributed by atoms with Gasteiger partial charge in [0.1, 0.15) is 5.69 Å². The van der Waals surface area contributed by atoms with Crippen molar-refractivity contribution in [3.63, 3.8) is 0 Å². The summed E-state index contributed by atoms with van der Waals surface area (Å²) in [5, 5.41) is 6.42. The molecular formula is C21H17F2N3O. The van der Waals surface area contributed by atoms with Crippen LogP contribution < -0.4 is 5.32 Å². The molecule has 0 aliphatic rings. The molecule has 3 rings (SSSR count). The number of carbonyl (C=O) groups is 1. The van der Waals surface area contributed by atoms with Crippen molar-refractivity contribution in [3.05, 3.63) is 71.5 Å². The van der Waals surface area contributed by atoms with Crippen molar-refractivity contribution in [3.8, 4) is 23.0 Å². The first-order chi connectivity index (χ1) is 13.0. The Bertz CT molecular complexity index is 1030. The van der Waals surface area contributed by atoms with E-state index < -0.39 is 18.0 Å².